The molecule has 0 radical (unpaired) electrons. The van der Waals surface area contributed by atoms with Crippen molar-refractivity contribution in [3.8, 4) is 6.07 Å². The van der Waals surface area contributed by atoms with Gasteiger partial charge in [-0.2, -0.15) is 5.26 Å². The van der Waals surface area contributed by atoms with Gasteiger partial charge in [0.05, 0.1) is 0 Å². The highest BCUT2D eigenvalue weighted by molar-refractivity contribution is 5.69. The summed E-state index contributed by atoms with van der Waals surface area (Å²) in [6.45, 7) is 1.85. The van der Waals surface area contributed by atoms with E-state index in [0.717, 1.165) is 5.57 Å². The predicted molar refractivity (Wildman–Crippen MR) is 49.9 cm³/mol. The first-order valence-electron chi connectivity index (χ1n) is 3.58. The van der Waals surface area contributed by atoms with Crippen molar-refractivity contribution in [1.29, 1.82) is 10.7 Å². The normalized spacial score (nSPS) is 12.2. The lowest BCUT2D eigenvalue weighted by molar-refractivity contribution is 0.533. The highest BCUT2D eigenvalue weighted by Gasteiger charge is 1.95. The van der Waals surface area contributed by atoms with Crippen LogP contribution in [-0.4, -0.2) is 25.2 Å². The molecule has 0 rings (SSSR count). The number of rotatable bonds is 3. The Morgan fingerprint density at radius 3 is 2.42 bits per heavy atom. The van der Waals surface area contributed by atoms with Crippen LogP contribution in [0.3, 0.4) is 0 Å². The van der Waals surface area contributed by atoms with Gasteiger partial charge in [0, 0.05) is 20.3 Å². The Morgan fingerprint density at radius 2 is 2.08 bits per heavy atom. The lowest BCUT2D eigenvalue weighted by Crippen LogP contribution is -2.09. The Labute approximate surface area is 73.1 Å². The summed E-state index contributed by atoms with van der Waals surface area (Å²) in [5, 5.41) is 15.5. The summed E-state index contributed by atoms with van der Waals surface area (Å²) in [5.74, 6) is 0. The number of nitrogens with zero attached hydrogens (tertiary/aromatic N) is 2. The number of hydrogen-bond donors (Lipinski definition) is 1. The van der Waals surface area contributed by atoms with Gasteiger partial charge in [-0.1, -0.05) is 0 Å². The zero-order valence-corrected chi connectivity index (χ0v) is 7.63. The topological polar surface area (TPSA) is 50.9 Å². The van der Waals surface area contributed by atoms with Gasteiger partial charge in [-0.3, -0.25) is 0 Å². The van der Waals surface area contributed by atoms with E-state index in [-0.39, 0.29) is 0 Å². The van der Waals surface area contributed by atoms with E-state index in [2.05, 4.69) is 6.07 Å². The SMILES string of the molecule is CC(=C/C=N)/C=C(/C#N)N(C)C. The number of nitrogens with one attached hydrogen (secondary N) is 1. The van der Waals surface area contributed by atoms with Crippen LogP contribution in [0.4, 0.5) is 0 Å². The van der Waals surface area contributed by atoms with Gasteiger partial charge < -0.3 is 10.3 Å². The maximum atomic E-state index is 8.67. The van der Waals surface area contributed by atoms with Crippen LogP contribution in [0.5, 0.6) is 0 Å². The molecule has 0 aromatic heterocycles. The first-order chi connectivity index (χ1) is 5.61. The Balaban J connectivity index is 4.63. The highest BCUT2D eigenvalue weighted by Crippen LogP contribution is 2.02. The molecule has 0 atom stereocenters. The monoisotopic (exact) mass is 163 g/mol. The lowest BCUT2D eigenvalue weighted by Gasteiger charge is -2.09. The van der Waals surface area contributed by atoms with Crippen LogP contribution in [0.1, 0.15) is 6.92 Å². The summed E-state index contributed by atoms with van der Waals surface area (Å²) in [4.78, 5) is 1.74. The van der Waals surface area contributed by atoms with Crippen LogP contribution in [0.2, 0.25) is 0 Å². The molecule has 0 unspecified atom stereocenters. The molecule has 0 amide bonds. The summed E-state index contributed by atoms with van der Waals surface area (Å²) < 4.78 is 0. The van der Waals surface area contributed by atoms with Gasteiger partial charge in [0.2, 0.25) is 0 Å². The molecule has 0 bridgehead atoms. The first kappa shape index (κ1) is 10.4. The number of nitriles is 1. The second-order valence-corrected chi connectivity index (χ2v) is 2.61. The van der Waals surface area contributed by atoms with Gasteiger partial charge in [-0.25, -0.2) is 0 Å². The molecule has 0 spiro atoms. The summed E-state index contributed by atoms with van der Waals surface area (Å²) in [6.07, 6.45) is 4.59. The van der Waals surface area contributed by atoms with Gasteiger partial charge in [-0.15, -0.1) is 0 Å². The minimum atomic E-state index is 0.589. The number of allylic oxidation sites excluding steroid dienone is 4. The van der Waals surface area contributed by atoms with Crippen molar-refractivity contribution >= 4 is 6.21 Å². The van der Waals surface area contributed by atoms with E-state index in [9.17, 15) is 0 Å². The Hall–Kier alpha value is -1.56. The van der Waals surface area contributed by atoms with Gasteiger partial charge >= 0.3 is 0 Å². The third kappa shape index (κ3) is 3.57. The van der Waals surface area contributed by atoms with Crippen LogP contribution in [-0.2, 0) is 0 Å². The van der Waals surface area contributed by atoms with Crippen LogP contribution in [0.15, 0.2) is 23.4 Å². The maximum Gasteiger partial charge on any atom is 0.117 e. The van der Waals surface area contributed by atoms with Crippen LogP contribution in [0, 0.1) is 16.7 Å². The molecule has 0 aromatic carbocycles. The predicted octanol–water partition coefficient (Wildman–Crippen LogP) is 1.55. The van der Waals surface area contributed by atoms with Crippen molar-refractivity contribution in [2.45, 2.75) is 6.92 Å². The van der Waals surface area contributed by atoms with E-state index in [4.69, 9.17) is 10.7 Å². The molecule has 0 aliphatic rings. The molecule has 0 saturated carbocycles. The average molecular weight is 163 g/mol. The van der Waals surface area contributed by atoms with Crippen LogP contribution in [0.25, 0.3) is 0 Å². The van der Waals surface area contributed by atoms with Crippen LogP contribution < -0.4 is 0 Å². The van der Waals surface area contributed by atoms with E-state index in [1.54, 1.807) is 17.1 Å². The van der Waals surface area contributed by atoms with E-state index >= 15 is 0 Å². The highest BCUT2D eigenvalue weighted by atomic mass is 15.1. The van der Waals surface area contributed by atoms with Crippen molar-refractivity contribution in [1.82, 2.24) is 4.90 Å². The fourth-order valence-electron chi connectivity index (χ4n) is 0.657. The Morgan fingerprint density at radius 1 is 1.50 bits per heavy atom. The van der Waals surface area contributed by atoms with Gasteiger partial charge in [0.1, 0.15) is 11.8 Å². The van der Waals surface area contributed by atoms with Gasteiger partial charge in [0.15, 0.2) is 0 Å². The van der Waals surface area contributed by atoms with Gasteiger partial charge in [-0.05, 0) is 24.6 Å². The molecule has 0 fully saturated rings. The second kappa shape index (κ2) is 5.14. The third-order valence-electron chi connectivity index (χ3n) is 1.31. The Bertz CT molecular complexity index is 253. The standard InChI is InChI=1S/C9H13N3/c1-8(4-5-10)6-9(7-11)12(2)3/h4-6,10H,1-3H3/b8-4-,9-6-,10-5?. The molecule has 0 aliphatic heterocycles. The van der Waals surface area contributed by atoms with Crippen molar-refractivity contribution in [3.63, 3.8) is 0 Å². The molecule has 0 aromatic rings. The quantitative estimate of drug-likeness (QED) is 0.390. The summed E-state index contributed by atoms with van der Waals surface area (Å²) in [6, 6.07) is 2.06. The largest absolute Gasteiger partial charge is 0.369 e. The summed E-state index contributed by atoms with van der Waals surface area (Å²) in [7, 11) is 3.62. The van der Waals surface area contributed by atoms with Crippen molar-refractivity contribution < 1.29 is 0 Å². The summed E-state index contributed by atoms with van der Waals surface area (Å²) in [5.41, 5.74) is 1.49. The van der Waals surface area contributed by atoms with Crippen molar-refractivity contribution in [3.05, 3.63) is 23.4 Å². The zero-order chi connectivity index (χ0) is 9.56. The average Bonchev–Trinajstić information content (AvgIpc) is 2.00. The van der Waals surface area contributed by atoms with E-state index < -0.39 is 0 Å². The second-order valence-electron chi connectivity index (χ2n) is 2.61. The van der Waals surface area contributed by atoms with E-state index in [1.165, 1.54) is 6.21 Å². The fraction of sp³-hybridized carbons (Fsp3) is 0.333. The lowest BCUT2D eigenvalue weighted by atomic mass is 10.2. The van der Waals surface area contributed by atoms with Crippen LogP contribution >= 0.6 is 0 Å². The van der Waals surface area contributed by atoms with Crippen molar-refractivity contribution in [2.75, 3.05) is 14.1 Å². The molecule has 64 valence electrons. The minimum absolute atomic E-state index is 0.589. The molecule has 0 aliphatic carbocycles. The zero-order valence-electron chi connectivity index (χ0n) is 7.63. The van der Waals surface area contributed by atoms with E-state index in [0.29, 0.717) is 5.70 Å². The van der Waals surface area contributed by atoms with Crippen molar-refractivity contribution in [2.24, 2.45) is 0 Å². The molecule has 1 N–H and O–H groups in total. The van der Waals surface area contributed by atoms with E-state index in [1.807, 2.05) is 21.0 Å². The smallest absolute Gasteiger partial charge is 0.117 e. The minimum Gasteiger partial charge on any atom is -0.369 e. The molecule has 3 heteroatoms. The molecular formula is C9H13N3. The first-order valence-corrected chi connectivity index (χ1v) is 3.58. The fourth-order valence-corrected chi connectivity index (χ4v) is 0.657. The third-order valence-corrected chi connectivity index (χ3v) is 1.31. The molecular weight excluding hydrogens is 150 g/mol. The van der Waals surface area contributed by atoms with Gasteiger partial charge in [0.25, 0.3) is 0 Å². The molecule has 0 saturated heterocycles. The maximum absolute atomic E-state index is 8.67. The Kier molecular flexibility index (Phi) is 4.47. The summed E-state index contributed by atoms with van der Waals surface area (Å²) >= 11 is 0. The number of hydrogen-bond acceptors (Lipinski definition) is 3. The molecule has 12 heavy (non-hydrogen) atoms. The molecule has 3 nitrogen and oxygen atoms in total. The molecule has 0 heterocycles.